The standard InChI is InChI=1S/C39H59NO10/c1-10-30(46-8)26(4)35-36(50-35)37(40-23-28-15-11-12-16-31(28)47-9)39(7,45)20-13-14-24(2)34-25(3)17-18-32(48-27(5)41)38(6,44)21-19-29(42)22-33(43)49-34/h11-18,20,25-26,29-30,32,34-37,40,42,44-45H,10,19,21-23H2,1-9H3/b18-17+,20-13+,24-14+/t25-,26+,29+,30-,32-,34?,35+,36-,37?,38+,39?/m0/s1. The monoisotopic (exact) mass is 701 g/mol. The molecule has 4 N–H and O–H groups in total. The minimum Gasteiger partial charge on any atom is -0.496 e. The van der Waals surface area contributed by atoms with E-state index in [9.17, 15) is 24.9 Å². The highest BCUT2D eigenvalue weighted by atomic mass is 16.6. The molecular formula is C39H59NO10. The summed E-state index contributed by atoms with van der Waals surface area (Å²) in [6, 6.07) is 7.22. The van der Waals surface area contributed by atoms with E-state index in [0.29, 0.717) is 12.1 Å². The molecule has 1 aromatic rings. The summed E-state index contributed by atoms with van der Waals surface area (Å²) in [5.41, 5.74) is -1.20. The summed E-state index contributed by atoms with van der Waals surface area (Å²) in [7, 11) is 3.33. The number of aliphatic hydroxyl groups is 3. The maximum absolute atomic E-state index is 12.9. The van der Waals surface area contributed by atoms with Gasteiger partial charge in [-0.25, -0.2) is 0 Å². The molecule has 3 rings (SSSR count). The van der Waals surface area contributed by atoms with Crippen LogP contribution in [0.4, 0.5) is 0 Å². The van der Waals surface area contributed by atoms with Crippen molar-refractivity contribution in [3.8, 4) is 5.75 Å². The third-order valence-corrected chi connectivity index (χ3v) is 9.89. The van der Waals surface area contributed by atoms with E-state index in [4.69, 9.17) is 23.7 Å². The van der Waals surface area contributed by atoms with Crippen LogP contribution in [0.1, 0.15) is 79.7 Å². The first-order valence-electron chi connectivity index (χ1n) is 17.6. The van der Waals surface area contributed by atoms with E-state index in [2.05, 4.69) is 19.2 Å². The van der Waals surface area contributed by atoms with Crippen molar-refractivity contribution >= 4 is 11.9 Å². The number of para-hydroxylation sites is 1. The molecule has 0 spiro atoms. The Kier molecular flexibility index (Phi) is 15.3. The summed E-state index contributed by atoms with van der Waals surface area (Å²) in [6.07, 6.45) is 6.27. The van der Waals surface area contributed by atoms with Gasteiger partial charge >= 0.3 is 11.9 Å². The van der Waals surface area contributed by atoms with E-state index >= 15 is 0 Å². The van der Waals surface area contributed by atoms with Gasteiger partial charge in [-0.1, -0.05) is 63.3 Å². The van der Waals surface area contributed by atoms with E-state index in [1.54, 1.807) is 58.4 Å². The number of hydrogen-bond donors (Lipinski definition) is 4. The lowest BCUT2D eigenvalue weighted by Gasteiger charge is -2.32. The average molecular weight is 702 g/mol. The predicted octanol–water partition coefficient (Wildman–Crippen LogP) is 4.57. The number of aliphatic hydroxyl groups excluding tert-OH is 1. The molecule has 11 heteroatoms. The number of ether oxygens (including phenoxy) is 5. The molecule has 1 aromatic carbocycles. The molecule has 1 saturated heterocycles. The second kappa shape index (κ2) is 18.4. The number of methoxy groups -OCH3 is 2. The maximum atomic E-state index is 12.9. The van der Waals surface area contributed by atoms with Gasteiger partial charge in [0.1, 0.15) is 29.7 Å². The number of rotatable bonds is 14. The number of cyclic esters (lactones) is 1. The molecule has 0 amide bonds. The highest BCUT2D eigenvalue weighted by Gasteiger charge is 2.54. The van der Waals surface area contributed by atoms with Crippen LogP contribution in [-0.2, 0) is 35.1 Å². The van der Waals surface area contributed by atoms with Gasteiger partial charge < -0.3 is 44.3 Å². The molecule has 11 atom stereocenters. The van der Waals surface area contributed by atoms with Crippen LogP contribution in [0.2, 0.25) is 0 Å². The van der Waals surface area contributed by atoms with Gasteiger partial charge in [-0.2, -0.15) is 0 Å². The largest absolute Gasteiger partial charge is 0.496 e. The maximum Gasteiger partial charge on any atom is 0.309 e. The lowest BCUT2D eigenvalue weighted by Crippen LogP contribution is -2.52. The Hall–Kier alpha value is -3.06. The Morgan fingerprint density at radius 3 is 2.54 bits per heavy atom. The van der Waals surface area contributed by atoms with Crippen molar-refractivity contribution in [1.82, 2.24) is 5.32 Å². The quantitative estimate of drug-likeness (QED) is 0.0933. The van der Waals surface area contributed by atoms with Crippen LogP contribution in [0.3, 0.4) is 0 Å². The minimum absolute atomic E-state index is 0.0205. The van der Waals surface area contributed by atoms with Crippen molar-refractivity contribution in [1.29, 1.82) is 0 Å². The number of esters is 2. The number of benzene rings is 1. The Morgan fingerprint density at radius 1 is 1.20 bits per heavy atom. The minimum atomic E-state index is -1.46. The first-order valence-corrected chi connectivity index (χ1v) is 17.6. The second-order valence-electron chi connectivity index (χ2n) is 14.2. The van der Waals surface area contributed by atoms with Gasteiger partial charge in [0.05, 0.1) is 43.5 Å². The van der Waals surface area contributed by atoms with Gasteiger partial charge in [0.2, 0.25) is 0 Å². The Bertz CT molecular complexity index is 1350. The SMILES string of the molecule is CC[C@H](OC)[C@@H](C)[C@H]1O[C@@H]1C(NCc1ccccc1OC)C(C)(O)/C=C/C=C(\C)C1OC(=O)C[C@H](O)CC[C@@](C)(O)[C@@H](OC(C)=O)/C=C/[C@@H]1C. The van der Waals surface area contributed by atoms with E-state index < -0.39 is 47.5 Å². The van der Waals surface area contributed by atoms with Crippen molar-refractivity contribution < 1.29 is 48.6 Å². The molecule has 50 heavy (non-hydrogen) atoms. The molecule has 3 unspecified atom stereocenters. The number of carbonyl (C=O) groups is 2. The van der Waals surface area contributed by atoms with Crippen LogP contribution in [0, 0.1) is 11.8 Å². The van der Waals surface area contributed by atoms with E-state index in [1.807, 2.05) is 38.1 Å². The lowest BCUT2D eigenvalue weighted by atomic mass is 9.87. The Morgan fingerprint density at radius 2 is 1.90 bits per heavy atom. The molecule has 1 fully saturated rings. The summed E-state index contributed by atoms with van der Waals surface area (Å²) >= 11 is 0. The van der Waals surface area contributed by atoms with Gasteiger partial charge in [0, 0.05) is 38.0 Å². The molecule has 280 valence electrons. The zero-order valence-corrected chi connectivity index (χ0v) is 31.1. The molecule has 0 bridgehead atoms. The van der Waals surface area contributed by atoms with Crippen molar-refractivity contribution in [2.24, 2.45) is 11.8 Å². The van der Waals surface area contributed by atoms with Gasteiger partial charge in [0.25, 0.3) is 0 Å². The summed E-state index contributed by atoms with van der Waals surface area (Å²) < 4.78 is 28.7. The van der Waals surface area contributed by atoms with Crippen LogP contribution in [0.15, 0.2) is 60.2 Å². The molecule has 0 aromatic heterocycles. The zero-order valence-electron chi connectivity index (χ0n) is 31.1. The fourth-order valence-electron chi connectivity index (χ4n) is 6.74. The normalized spacial score (nSPS) is 31.7. The first-order chi connectivity index (χ1) is 23.5. The van der Waals surface area contributed by atoms with E-state index in [-0.39, 0.29) is 49.4 Å². The van der Waals surface area contributed by atoms with Crippen LogP contribution < -0.4 is 10.1 Å². The highest BCUT2D eigenvalue weighted by Crippen LogP contribution is 2.39. The van der Waals surface area contributed by atoms with Gasteiger partial charge in [-0.05, 0) is 57.7 Å². The highest BCUT2D eigenvalue weighted by molar-refractivity contribution is 5.70. The van der Waals surface area contributed by atoms with Crippen molar-refractivity contribution in [3.63, 3.8) is 0 Å². The Balaban J connectivity index is 1.89. The van der Waals surface area contributed by atoms with E-state index in [0.717, 1.165) is 17.7 Å². The summed E-state index contributed by atoms with van der Waals surface area (Å²) in [4.78, 5) is 24.7. The molecule has 0 aliphatic carbocycles. The van der Waals surface area contributed by atoms with Gasteiger partial charge in [-0.3, -0.25) is 9.59 Å². The van der Waals surface area contributed by atoms with Crippen LogP contribution in [-0.4, -0.2) is 95.3 Å². The van der Waals surface area contributed by atoms with Crippen molar-refractivity contribution in [2.75, 3.05) is 14.2 Å². The Labute approximate surface area is 297 Å². The van der Waals surface area contributed by atoms with Crippen molar-refractivity contribution in [3.05, 3.63) is 65.8 Å². The number of hydrogen-bond acceptors (Lipinski definition) is 11. The average Bonchev–Trinajstić information content (AvgIpc) is 3.84. The van der Waals surface area contributed by atoms with Gasteiger partial charge in [-0.15, -0.1) is 0 Å². The number of epoxide rings is 1. The lowest BCUT2D eigenvalue weighted by molar-refractivity contribution is -0.157. The van der Waals surface area contributed by atoms with Crippen LogP contribution >= 0.6 is 0 Å². The fraction of sp³-hybridized carbons (Fsp3) is 0.641. The fourth-order valence-corrected chi connectivity index (χ4v) is 6.74. The molecular weight excluding hydrogens is 642 g/mol. The summed E-state index contributed by atoms with van der Waals surface area (Å²) in [6.45, 7) is 12.8. The molecule has 2 aliphatic rings. The summed E-state index contributed by atoms with van der Waals surface area (Å²) in [5, 5.41) is 37.1. The summed E-state index contributed by atoms with van der Waals surface area (Å²) in [5.74, 6) is -0.658. The third-order valence-electron chi connectivity index (χ3n) is 9.89. The second-order valence-corrected chi connectivity index (χ2v) is 14.2. The molecule has 0 radical (unpaired) electrons. The number of nitrogens with one attached hydrogen (secondary N) is 1. The molecule has 11 nitrogen and oxygen atoms in total. The number of allylic oxidation sites excluding steroid dienone is 2. The van der Waals surface area contributed by atoms with Gasteiger partial charge in [0.15, 0.2) is 0 Å². The van der Waals surface area contributed by atoms with Crippen LogP contribution in [0.25, 0.3) is 0 Å². The van der Waals surface area contributed by atoms with Crippen LogP contribution in [0.5, 0.6) is 5.75 Å². The first kappa shape index (κ1) is 41.4. The predicted molar refractivity (Wildman–Crippen MR) is 190 cm³/mol. The van der Waals surface area contributed by atoms with E-state index in [1.165, 1.54) is 6.92 Å². The smallest absolute Gasteiger partial charge is 0.309 e. The number of carbonyl (C=O) groups excluding carboxylic acids is 2. The molecule has 0 saturated carbocycles. The topological polar surface area (TPSA) is 156 Å². The van der Waals surface area contributed by atoms with Crippen molar-refractivity contribution in [2.45, 2.75) is 135 Å². The third kappa shape index (κ3) is 11.5. The molecule has 2 aliphatic heterocycles. The zero-order chi connectivity index (χ0) is 37.2. The molecule has 2 heterocycles.